The fourth-order valence-electron chi connectivity index (χ4n) is 2.92. The van der Waals surface area contributed by atoms with Crippen LogP contribution in [0, 0.1) is 28.6 Å². The summed E-state index contributed by atoms with van der Waals surface area (Å²) in [4.78, 5) is 23.9. The number of esters is 1. The van der Waals surface area contributed by atoms with E-state index in [9.17, 15) is 9.59 Å². The number of rotatable bonds is 4. The highest BCUT2D eigenvalue weighted by molar-refractivity contribution is 5.84. The number of carbonyl (C=O) groups is 2. The zero-order valence-corrected chi connectivity index (χ0v) is 12.3. The lowest BCUT2D eigenvalue weighted by atomic mass is 9.83. The topological polar surface area (TPSA) is 90.9 Å². The van der Waals surface area contributed by atoms with Gasteiger partial charge in [0.05, 0.1) is 35.8 Å². The van der Waals surface area contributed by atoms with E-state index in [0.717, 1.165) is 0 Å². The minimum atomic E-state index is -0.605. The van der Waals surface area contributed by atoms with E-state index in [1.54, 1.807) is 19.1 Å². The monoisotopic (exact) mass is 296 g/mol. The average Bonchev–Trinajstić information content (AvgIpc) is 2.93. The first kappa shape index (κ1) is 15.7. The number of ketones is 1. The van der Waals surface area contributed by atoms with E-state index in [4.69, 9.17) is 15.3 Å². The Morgan fingerprint density at radius 2 is 1.95 bits per heavy atom. The average molecular weight is 296 g/mol. The van der Waals surface area contributed by atoms with Crippen LogP contribution in [0.1, 0.15) is 48.8 Å². The highest BCUT2D eigenvalue weighted by Gasteiger charge is 2.36. The van der Waals surface area contributed by atoms with Gasteiger partial charge in [0.25, 0.3) is 0 Å². The number of Topliss-reactive ketones (excluding diaryl/α,β-unsaturated/α-hetero) is 1. The van der Waals surface area contributed by atoms with E-state index in [1.165, 1.54) is 6.07 Å². The van der Waals surface area contributed by atoms with Crippen molar-refractivity contribution in [2.24, 2.45) is 5.92 Å². The molecule has 2 atom stereocenters. The molecule has 0 aliphatic heterocycles. The molecule has 112 valence electrons. The second-order valence-corrected chi connectivity index (χ2v) is 5.34. The van der Waals surface area contributed by atoms with Gasteiger partial charge in [-0.25, -0.2) is 0 Å². The first-order valence-corrected chi connectivity index (χ1v) is 7.22. The summed E-state index contributed by atoms with van der Waals surface area (Å²) in [5, 5.41) is 18.2. The summed E-state index contributed by atoms with van der Waals surface area (Å²) in [5.41, 5.74) is 1.23. The summed E-state index contributed by atoms with van der Waals surface area (Å²) in [6.45, 7) is 1.97. The number of ether oxygens (including phenoxy) is 1. The summed E-state index contributed by atoms with van der Waals surface area (Å²) in [6, 6.07) is 8.68. The summed E-state index contributed by atoms with van der Waals surface area (Å²) >= 11 is 0. The van der Waals surface area contributed by atoms with Crippen molar-refractivity contribution >= 4 is 11.8 Å². The first-order chi connectivity index (χ1) is 10.6. The van der Waals surface area contributed by atoms with E-state index in [0.29, 0.717) is 36.0 Å². The van der Waals surface area contributed by atoms with Crippen molar-refractivity contribution in [3.8, 4) is 12.1 Å². The maximum absolute atomic E-state index is 12.3. The standard InChI is InChI=1S/C17H16N2O3/c1-2-22-17(21)16(13-3-4-15(20)8-13)14-6-11(9-18)5-12(7-14)10-19/h5-7,13,16H,2-4,8H2,1H3. The lowest BCUT2D eigenvalue weighted by Crippen LogP contribution is -2.23. The quantitative estimate of drug-likeness (QED) is 0.796. The molecule has 1 aliphatic rings. The summed E-state index contributed by atoms with van der Waals surface area (Å²) in [5.74, 6) is -1.00. The van der Waals surface area contributed by atoms with Gasteiger partial charge in [-0.3, -0.25) is 9.59 Å². The molecule has 1 aromatic rings. The lowest BCUT2D eigenvalue weighted by molar-refractivity contribution is -0.146. The van der Waals surface area contributed by atoms with Crippen LogP contribution in [-0.2, 0) is 14.3 Å². The van der Waals surface area contributed by atoms with Gasteiger partial charge < -0.3 is 4.74 Å². The predicted molar refractivity (Wildman–Crippen MR) is 77.6 cm³/mol. The van der Waals surface area contributed by atoms with Crippen LogP contribution >= 0.6 is 0 Å². The maximum atomic E-state index is 12.3. The van der Waals surface area contributed by atoms with Crippen LogP contribution in [0.4, 0.5) is 0 Å². The molecule has 2 rings (SSSR count). The highest BCUT2D eigenvalue weighted by Crippen LogP contribution is 2.37. The molecule has 1 saturated carbocycles. The Morgan fingerprint density at radius 3 is 2.41 bits per heavy atom. The van der Waals surface area contributed by atoms with Gasteiger partial charge >= 0.3 is 5.97 Å². The zero-order chi connectivity index (χ0) is 16.1. The molecule has 0 N–H and O–H groups in total. The molecule has 0 saturated heterocycles. The predicted octanol–water partition coefficient (Wildman–Crippen LogP) is 2.45. The van der Waals surface area contributed by atoms with Crippen LogP contribution in [0.25, 0.3) is 0 Å². The van der Waals surface area contributed by atoms with Crippen molar-refractivity contribution in [3.63, 3.8) is 0 Å². The summed E-state index contributed by atoms with van der Waals surface area (Å²) in [6.07, 6.45) is 1.42. The smallest absolute Gasteiger partial charge is 0.313 e. The van der Waals surface area contributed by atoms with Crippen molar-refractivity contribution in [1.29, 1.82) is 10.5 Å². The third kappa shape index (κ3) is 3.32. The van der Waals surface area contributed by atoms with Crippen LogP contribution in [0.2, 0.25) is 0 Å². The number of nitriles is 2. The minimum absolute atomic E-state index is 0.132. The van der Waals surface area contributed by atoms with Crippen molar-refractivity contribution < 1.29 is 14.3 Å². The molecule has 1 aromatic carbocycles. The molecule has 0 heterocycles. The van der Waals surface area contributed by atoms with E-state index in [2.05, 4.69) is 0 Å². The molecule has 0 spiro atoms. The number of carbonyl (C=O) groups excluding carboxylic acids is 2. The molecule has 2 unspecified atom stereocenters. The molecule has 5 nitrogen and oxygen atoms in total. The number of benzene rings is 1. The molecule has 22 heavy (non-hydrogen) atoms. The molecular formula is C17H16N2O3. The van der Waals surface area contributed by atoms with Crippen LogP contribution in [0.3, 0.4) is 0 Å². The summed E-state index contributed by atoms with van der Waals surface area (Å²) in [7, 11) is 0. The molecule has 0 aromatic heterocycles. The Morgan fingerprint density at radius 1 is 1.32 bits per heavy atom. The molecule has 1 aliphatic carbocycles. The van der Waals surface area contributed by atoms with Crippen molar-refractivity contribution in [1.82, 2.24) is 0 Å². The van der Waals surface area contributed by atoms with Crippen LogP contribution in [0.15, 0.2) is 18.2 Å². The second kappa shape index (κ2) is 6.87. The molecule has 0 amide bonds. The Hall–Kier alpha value is -2.66. The van der Waals surface area contributed by atoms with Gasteiger partial charge in [-0.2, -0.15) is 10.5 Å². The van der Waals surface area contributed by atoms with Gasteiger partial charge in [0.2, 0.25) is 0 Å². The highest BCUT2D eigenvalue weighted by atomic mass is 16.5. The third-order valence-corrected chi connectivity index (χ3v) is 3.87. The van der Waals surface area contributed by atoms with Crippen molar-refractivity contribution in [2.45, 2.75) is 32.1 Å². The molecule has 0 bridgehead atoms. The van der Waals surface area contributed by atoms with E-state index in [1.807, 2.05) is 12.1 Å². The Kier molecular flexibility index (Phi) is 4.91. The second-order valence-electron chi connectivity index (χ2n) is 5.34. The molecule has 5 heteroatoms. The van der Waals surface area contributed by atoms with E-state index in [-0.39, 0.29) is 18.3 Å². The van der Waals surface area contributed by atoms with Crippen molar-refractivity contribution in [2.75, 3.05) is 6.61 Å². The Bertz CT molecular complexity index is 650. The third-order valence-electron chi connectivity index (χ3n) is 3.87. The van der Waals surface area contributed by atoms with Gasteiger partial charge in [-0.1, -0.05) is 0 Å². The van der Waals surface area contributed by atoms with Crippen LogP contribution in [0.5, 0.6) is 0 Å². The fourth-order valence-corrected chi connectivity index (χ4v) is 2.92. The first-order valence-electron chi connectivity index (χ1n) is 7.22. The van der Waals surface area contributed by atoms with Crippen LogP contribution in [-0.4, -0.2) is 18.4 Å². The number of nitrogens with zero attached hydrogens (tertiary/aromatic N) is 2. The minimum Gasteiger partial charge on any atom is -0.466 e. The SMILES string of the molecule is CCOC(=O)C(c1cc(C#N)cc(C#N)c1)C1CCC(=O)C1. The number of hydrogen-bond donors (Lipinski definition) is 0. The van der Waals surface area contributed by atoms with Gasteiger partial charge in [-0.15, -0.1) is 0 Å². The zero-order valence-electron chi connectivity index (χ0n) is 12.3. The van der Waals surface area contributed by atoms with E-state index >= 15 is 0 Å². The maximum Gasteiger partial charge on any atom is 0.313 e. The number of hydrogen-bond acceptors (Lipinski definition) is 5. The molecular weight excluding hydrogens is 280 g/mol. The summed E-state index contributed by atoms with van der Waals surface area (Å²) < 4.78 is 5.14. The Labute approximate surface area is 129 Å². The largest absolute Gasteiger partial charge is 0.466 e. The van der Waals surface area contributed by atoms with Gasteiger partial charge in [0.1, 0.15) is 5.78 Å². The van der Waals surface area contributed by atoms with Gasteiger partial charge in [0.15, 0.2) is 0 Å². The molecule has 1 fully saturated rings. The fraction of sp³-hybridized carbons (Fsp3) is 0.412. The van der Waals surface area contributed by atoms with Gasteiger partial charge in [0, 0.05) is 12.8 Å². The normalized spacial score (nSPS) is 18.3. The van der Waals surface area contributed by atoms with Crippen LogP contribution < -0.4 is 0 Å². The Balaban J connectivity index is 2.45. The van der Waals surface area contributed by atoms with Crippen molar-refractivity contribution in [3.05, 3.63) is 34.9 Å². The van der Waals surface area contributed by atoms with E-state index < -0.39 is 11.9 Å². The molecule has 0 radical (unpaired) electrons. The van der Waals surface area contributed by atoms with Gasteiger partial charge in [-0.05, 0) is 43.0 Å². The lowest BCUT2D eigenvalue weighted by Gasteiger charge is -2.22.